The van der Waals surface area contributed by atoms with Crippen LogP contribution in [-0.2, 0) is 11.3 Å². The number of rotatable bonds is 5. The topological polar surface area (TPSA) is 104 Å². The average Bonchev–Trinajstić information content (AvgIpc) is 3.35. The number of aliphatic hydroxyl groups is 1. The van der Waals surface area contributed by atoms with Crippen molar-refractivity contribution < 1.29 is 19.0 Å². The highest BCUT2D eigenvalue weighted by molar-refractivity contribution is 6.06. The SMILES string of the molecule is O=C1NCc2c(-c3cnc4cc(F)ccn34)ccc(Nc3ccc(N4CCO[C@H](C5(O)CC5)C4)cn3)c21. The summed E-state index contributed by atoms with van der Waals surface area (Å²) in [6.45, 7) is 2.34. The lowest BCUT2D eigenvalue weighted by Gasteiger charge is -2.36. The molecule has 0 bridgehead atoms. The number of nitrogens with zero attached hydrogens (tertiary/aromatic N) is 4. The molecule has 188 valence electrons. The Morgan fingerprint density at radius 1 is 1.16 bits per heavy atom. The number of hydrogen-bond acceptors (Lipinski definition) is 7. The molecule has 1 aromatic carbocycles. The Morgan fingerprint density at radius 3 is 2.86 bits per heavy atom. The number of anilines is 3. The summed E-state index contributed by atoms with van der Waals surface area (Å²) in [6, 6.07) is 10.4. The zero-order chi connectivity index (χ0) is 25.1. The number of hydrogen-bond donors (Lipinski definition) is 3. The van der Waals surface area contributed by atoms with Gasteiger partial charge >= 0.3 is 0 Å². The molecule has 1 aliphatic carbocycles. The smallest absolute Gasteiger partial charge is 0.254 e. The number of ether oxygens (including phenoxy) is 1. The summed E-state index contributed by atoms with van der Waals surface area (Å²) in [5.74, 6) is 0.112. The predicted molar refractivity (Wildman–Crippen MR) is 135 cm³/mol. The van der Waals surface area contributed by atoms with E-state index in [0.29, 0.717) is 42.4 Å². The van der Waals surface area contributed by atoms with Crippen molar-refractivity contribution in [3.8, 4) is 11.3 Å². The molecule has 3 aliphatic rings. The van der Waals surface area contributed by atoms with Crippen LogP contribution < -0.4 is 15.5 Å². The summed E-state index contributed by atoms with van der Waals surface area (Å²) in [4.78, 5) is 23.9. The molecule has 1 saturated heterocycles. The molecule has 2 fully saturated rings. The second kappa shape index (κ2) is 8.25. The van der Waals surface area contributed by atoms with Crippen LogP contribution in [0.1, 0.15) is 28.8 Å². The number of aromatic nitrogens is 3. The maximum absolute atomic E-state index is 13.6. The van der Waals surface area contributed by atoms with Crippen LogP contribution >= 0.6 is 0 Å². The quantitative estimate of drug-likeness (QED) is 0.387. The van der Waals surface area contributed by atoms with Crippen LogP contribution in [0.4, 0.5) is 21.6 Å². The Hall–Kier alpha value is -4.02. The van der Waals surface area contributed by atoms with Gasteiger partial charge in [0.05, 0.1) is 47.2 Å². The molecule has 5 heterocycles. The van der Waals surface area contributed by atoms with Crippen molar-refractivity contribution in [2.75, 3.05) is 29.9 Å². The van der Waals surface area contributed by atoms with E-state index in [1.54, 1.807) is 18.6 Å². The van der Waals surface area contributed by atoms with E-state index in [9.17, 15) is 14.3 Å². The van der Waals surface area contributed by atoms with Gasteiger partial charge in [-0.15, -0.1) is 0 Å². The van der Waals surface area contributed by atoms with Gasteiger partial charge in [-0.05, 0) is 42.7 Å². The summed E-state index contributed by atoms with van der Waals surface area (Å²) in [6.07, 6.45) is 6.54. The fourth-order valence-electron chi connectivity index (χ4n) is 5.29. The molecule has 3 aromatic heterocycles. The molecular formula is C27H25FN6O3. The van der Waals surface area contributed by atoms with Gasteiger partial charge in [0.1, 0.15) is 23.4 Å². The third-order valence-corrected chi connectivity index (χ3v) is 7.52. The van der Waals surface area contributed by atoms with Crippen molar-refractivity contribution in [2.24, 2.45) is 0 Å². The van der Waals surface area contributed by atoms with Crippen molar-refractivity contribution in [3.05, 3.63) is 71.9 Å². The fraction of sp³-hybridized carbons (Fsp3) is 0.296. The second-order valence-electron chi connectivity index (χ2n) is 9.85. The Kier molecular flexibility index (Phi) is 4.95. The molecule has 7 rings (SSSR count). The summed E-state index contributed by atoms with van der Waals surface area (Å²) in [5, 5.41) is 16.7. The minimum absolute atomic E-state index is 0.159. The van der Waals surface area contributed by atoms with Gasteiger partial charge in [0, 0.05) is 37.5 Å². The van der Waals surface area contributed by atoms with Gasteiger partial charge in [0.15, 0.2) is 0 Å². The van der Waals surface area contributed by atoms with E-state index >= 15 is 0 Å². The molecule has 9 nitrogen and oxygen atoms in total. The molecule has 10 heteroatoms. The molecule has 1 atom stereocenters. The highest BCUT2D eigenvalue weighted by Gasteiger charge is 2.50. The van der Waals surface area contributed by atoms with Crippen LogP contribution in [0, 0.1) is 5.82 Å². The van der Waals surface area contributed by atoms with E-state index in [-0.39, 0.29) is 17.8 Å². The first-order valence-corrected chi connectivity index (χ1v) is 12.4. The van der Waals surface area contributed by atoms with Crippen LogP contribution in [-0.4, -0.2) is 56.8 Å². The van der Waals surface area contributed by atoms with Gasteiger partial charge in [-0.3, -0.25) is 9.20 Å². The molecule has 1 saturated carbocycles. The first-order chi connectivity index (χ1) is 18.0. The number of amides is 1. The zero-order valence-corrected chi connectivity index (χ0v) is 19.9. The molecule has 37 heavy (non-hydrogen) atoms. The molecule has 1 amide bonds. The number of pyridine rings is 2. The summed E-state index contributed by atoms with van der Waals surface area (Å²) >= 11 is 0. The maximum Gasteiger partial charge on any atom is 0.254 e. The molecule has 2 aliphatic heterocycles. The summed E-state index contributed by atoms with van der Waals surface area (Å²) in [5.41, 5.74) is 4.52. The van der Waals surface area contributed by atoms with Crippen molar-refractivity contribution in [2.45, 2.75) is 31.1 Å². The molecule has 0 spiro atoms. The number of morpholine rings is 1. The van der Waals surface area contributed by atoms with Crippen LogP contribution in [0.25, 0.3) is 16.9 Å². The van der Waals surface area contributed by atoms with Crippen molar-refractivity contribution in [1.29, 1.82) is 0 Å². The lowest BCUT2D eigenvalue weighted by molar-refractivity contribution is -0.0586. The first-order valence-electron chi connectivity index (χ1n) is 12.4. The number of benzene rings is 1. The summed E-state index contributed by atoms with van der Waals surface area (Å²) in [7, 11) is 0. The minimum atomic E-state index is -0.680. The van der Waals surface area contributed by atoms with E-state index in [1.165, 1.54) is 12.1 Å². The van der Waals surface area contributed by atoms with Crippen LogP contribution in [0.2, 0.25) is 0 Å². The predicted octanol–water partition coefficient (Wildman–Crippen LogP) is 3.25. The maximum atomic E-state index is 13.6. The lowest BCUT2D eigenvalue weighted by Crippen LogP contribution is -2.48. The first kappa shape index (κ1) is 22.2. The highest BCUT2D eigenvalue weighted by atomic mass is 19.1. The summed E-state index contributed by atoms with van der Waals surface area (Å²) < 4.78 is 21.2. The monoisotopic (exact) mass is 500 g/mol. The number of imidazole rings is 1. The average molecular weight is 501 g/mol. The van der Waals surface area contributed by atoms with Gasteiger partial charge in [-0.2, -0.15) is 0 Å². The lowest BCUT2D eigenvalue weighted by atomic mass is 9.99. The van der Waals surface area contributed by atoms with Gasteiger partial charge in [-0.25, -0.2) is 14.4 Å². The third kappa shape index (κ3) is 3.80. The van der Waals surface area contributed by atoms with Crippen molar-refractivity contribution >= 4 is 28.7 Å². The highest BCUT2D eigenvalue weighted by Crippen LogP contribution is 2.41. The van der Waals surface area contributed by atoms with E-state index < -0.39 is 5.60 Å². The van der Waals surface area contributed by atoms with Crippen molar-refractivity contribution in [1.82, 2.24) is 19.7 Å². The van der Waals surface area contributed by atoms with Crippen LogP contribution in [0.15, 0.2) is 55.0 Å². The molecule has 0 radical (unpaired) electrons. The molecule has 3 N–H and O–H groups in total. The Bertz CT molecular complexity index is 1530. The Balaban J connectivity index is 1.16. The number of nitrogens with one attached hydrogen (secondary N) is 2. The zero-order valence-electron chi connectivity index (χ0n) is 19.9. The van der Waals surface area contributed by atoms with E-state index in [2.05, 4.69) is 25.5 Å². The van der Waals surface area contributed by atoms with Crippen LogP contribution in [0.3, 0.4) is 0 Å². The van der Waals surface area contributed by atoms with Gasteiger partial charge in [0.25, 0.3) is 5.91 Å². The van der Waals surface area contributed by atoms with E-state index in [1.807, 2.05) is 28.7 Å². The second-order valence-corrected chi connectivity index (χ2v) is 9.85. The number of carbonyl (C=O) groups is 1. The third-order valence-electron chi connectivity index (χ3n) is 7.52. The number of halogens is 1. The fourth-order valence-corrected chi connectivity index (χ4v) is 5.29. The largest absolute Gasteiger partial charge is 0.387 e. The normalized spacial score (nSPS) is 20.1. The van der Waals surface area contributed by atoms with E-state index in [4.69, 9.17) is 4.74 Å². The standard InChI is InChI=1S/C27H25FN6O3/c28-16-5-8-34-21(14-30-24(34)11-16)18-2-3-20(25-19(18)13-31-26(25)35)32-23-4-1-17(12-29-23)33-9-10-37-22(15-33)27(36)6-7-27/h1-5,8,11-12,14,22,36H,6-7,9-10,13,15H2,(H,29,32)(H,31,35)/t22-/m0/s1. The van der Waals surface area contributed by atoms with Gasteiger partial charge in [0.2, 0.25) is 0 Å². The Labute approximate surface area is 211 Å². The van der Waals surface area contributed by atoms with Gasteiger partial charge in [-0.1, -0.05) is 6.07 Å². The van der Waals surface area contributed by atoms with E-state index in [0.717, 1.165) is 41.9 Å². The van der Waals surface area contributed by atoms with Crippen LogP contribution in [0.5, 0.6) is 0 Å². The molecular weight excluding hydrogens is 475 g/mol. The minimum Gasteiger partial charge on any atom is -0.387 e. The molecule has 4 aromatic rings. The Morgan fingerprint density at radius 2 is 2.05 bits per heavy atom. The van der Waals surface area contributed by atoms with Crippen molar-refractivity contribution in [3.63, 3.8) is 0 Å². The van der Waals surface area contributed by atoms with Gasteiger partial charge < -0.3 is 25.4 Å². The molecule has 0 unspecified atom stereocenters. The number of carbonyl (C=O) groups excluding carboxylic acids is 1. The number of fused-ring (bicyclic) bond motifs is 2.